The fraction of sp³-hybridized carbons (Fsp3) is 0.400. The van der Waals surface area contributed by atoms with Gasteiger partial charge in [0.1, 0.15) is 11.9 Å². The van der Waals surface area contributed by atoms with Gasteiger partial charge in [0.2, 0.25) is 5.91 Å². The van der Waals surface area contributed by atoms with Gasteiger partial charge in [-0.25, -0.2) is 0 Å². The van der Waals surface area contributed by atoms with Crippen LogP contribution in [-0.4, -0.2) is 35.5 Å². The van der Waals surface area contributed by atoms with Gasteiger partial charge in [0, 0.05) is 11.4 Å². The van der Waals surface area contributed by atoms with Crippen LogP contribution in [0.25, 0.3) is 5.69 Å². The van der Waals surface area contributed by atoms with Gasteiger partial charge in [-0.1, -0.05) is 31.5 Å². The second-order valence-corrected chi connectivity index (χ2v) is 6.36. The van der Waals surface area contributed by atoms with E-state index in [1.54, 1.807) is 0 Å². The minimum atomic E-state index is -0.107. The third kappa shape index (κ3) is 4.28. The molecule has 25 heavy (non-hydrogen) atoms. The molecule has 0 spiro atoms. The Morgan fingerprint density at radius 1 is 1.28 bits per heavy atom. The van der Waals surface area contributed by atoms with Crippen LogP contribution in [-0.2, 0) is 4.79 Å². The Balaban J connectivity index is 2.32. The second-order valence-electron chi connectivity index (χ2n) is 6.36. The summed E-state index contributed by atoms with van der Waals surface area (Å²) in [5, 5.41) is 12.5. The van der Waals surface area contributed by atoms with E-state index >= 15 is 0 Å². The van der Waals surface area contributed by atoms with Crippen molar-refractivity contribution in [1.82, 2.24) is 9.47 Å². The molecule has 1 N–H and O–H groups in total. The van der Waals surface area contributed by atoms with Crippen LogP contribution < -0.4 is 5.32 Å². The van der Waals surface area contributed by atoms with Gasteiger partial charge in [0.15, 0.2) is 0 Å². The number of rotatable bonds is 7. The molecule has 0 saturated carbocycles. The number of nitriles is 1. The van der Waals surface area contributed by atoms with E-state index < -0.39 is 0 Å². The summed E-state index contributed by atoms with van der Waals surface area (Å²) in [5.74, 6) is 0.447. The highest BCUT2D eigenvalue weighted by molar-refractivity contribution is 5.93. The van der Waals surface area contributed by atoms with E-state index in [4.69, 9.17) is 0 Å². The summed E-state index contributed by atoms with van der Waals surface area (Å²) < 4.78 is 1.94. The van der Waals surface area contributed by atoms with E-state index in [2.05, 4.69) is 18.3 Å². The largest absolute Gasteiger partial charge is 0.310 e. The van der Waals surface area contributed by atoms with Crippen LogP contribution in [0.15, 0.2) is 30.3 Å². The van der Waals surface area contributed by atoms with Crippen LogP contribution >= 0.6 is 0 Å². The van der Waals surface area contributed by atoms with Crippen molar-refractivity contribution in [1.29, 1.82) is 5.26 Å². The number of unbranched alkanes of at least 4 members (excludes halogenated alkanes) is 1. The number of amides is 1. The lowest BCUT2D eigenvalue weighted by Gasteiger charge is -2.17. The number of nitrogens with one attached hydrogen (secondary N) is 1. The number of hydrogen-bond acceptors (Lipinski definition) is 3. The fourth-order valence-electron chi connectivity index (χ4n) is 2.88. The molecule has 1 aromatic carbocycles. The molecule has 0 aliphatic carbocycles. The summed E-state index contributed by atoms with van der Waals surface area (Å²) in [6, 6.07) is 12.0. The first-order valence-electron chi connectivity index (χ1n) is 8.65. The Kier molecular flexibility index (Phi) is 6.37. The lowest BCUT2D eigenvalue weighted by Crippen LogP contribution is -2.31. The predicted octanol–water partition coefficient (Wildman–Crippen LogP) is 3.64. The zero-order chi connectivity index (χ0) is 18.4. The van der Waals surface area contributed by atoms with E-state index in [1.165, 1.54) is 0 Å². The van der Waals surface area contributed by atoms with Gasteiger partial charge in [-0.3, -0.25) is 14.3 Å². The Hall–Kier alpha value is -2.58. The van der Waals surface area contributed by atoms with Crippen molar-refractivity contribution < 1.29 is 4.79 Å². The van der Waals surface area contributed by atoms with Crippen LogP contribution in [0.2, 0.25) is 0 Å². The third-order valence-electron chi connectivity index (χ3n) is 4.40. The summed E-state index contributed by atoms with van der Waals surface area (Å²) >= 11 is 0. The first-order chi connectivity index (χ1) is 12.0. The van der Waals surface area contributed by atoms with Gasteiger partial charge in [-0.15, -0.1) is 0 Å². The number of anilines is 1. The number of para-hydroxylation sites is 1. The Morgan fingerprint density at radius 2 is 1.96 bits per heavy atom. The number of hydrogen-bond donors (Lipinski definition) is 1. The zero-order valence-electron chi connectivity index (χ0n) is 15.5. The number of carbonyl (C=O) groups excluding carboxylic acids is 1. The number of likely N-dealkylation sites (N-methyl/N-ethyl adjacent to an activating group) is 1. The van der Waals surface area contributed by atoms with Gasteiger partial charge < -0.3 is 5.32 Å². The van der Waals surface area contributed by atoms with Crippen LogP contribution in [0.1, 0.15) is 36.6 Å². The van der Waals surface area contributed by atoms with E-state index in [0.29, 0.717) is 17.9 Å². The number of carbonyl (C=O) groups is 1. The normalized spacial score (nSPS) is 10.7. The van der Waals surface area contributed by atoms with Crippen molar-refractivity contribution in [2.24, 2.45) is 0 Å². The molecule has 0 aliphatic heterocycles. The summed E-state index contributed by atoms with van der Waals surface area (Å²) in [6.45, 7) is 7.20. The predicted molar refractivity (Wildman–Crippen MR) is 101 cm³/mol. The highest BCUT2D eigenvalue weighted by Gasteiger charge is 2.20. The maximum atomic E-state index is 12.5. The van der Waals surface area contributed by atoms with Crippen LogP contribution in [0, 0.1) is 25.2 Å². The molecule has 1 aromatic heterocycles. The smallest absolute Gasteiger partial charge is 0.239 e. The summed E-state index contributed by atoms with van der Waals surface area (Å²) in [6.07, 6.45) is 2.16. The zero-order valence-corrected chi connectivity index (χ0v) is 15.5. The molecule has 5 heteroatoms. The molecule has 0 radical (unpaired) electrons. The summed E-state index contributed by atoms with van der Waals surface area (Å²) in [5.41, 5.74) is 3.29. The SMILES string of the molecule is CCCCN(C)CC(=O)Nc1c(C#N)c(C)c(C)n1-c1ccccc1. The van der Waals surface area contributed by atoms with Crippen molar-refractivity contribution in [3.05, 3.63) is 47.2 Å². The lowest BCUT2D eigenvalue weighted by atomic mass is 10.2. The van der Waals surface area contributed by atoms with Crippen molar-refractivity contribution in [3.63, 3.8) is 0 Å². The maximum absolute atomic E-state index is 12.5. The number of benzene rings is 1. The minimum absolute atomic E-state index is 0.107. The van der Waals surface area contributed by atoms with E-state index in [-0.39, 0.29) is 5.91 Å². The molecule has 132 valence electrons. The second kappa shape index (κ2) is 8.50. The first kappa shape index (κ1) is 18.8. The van der Waals surface area contributed by atoms with Crippen molar-refractivity contribution >= 4 is 11.7 Å². The van der Waals surface area contributed by atoms with Crippen molar-refractivity contribution in [2.45, 2.75) is 33.6 Å². The van der Waals surface area contributed by atoms with Crippen LogP contribution in [0.5, 0.6) is 0 Å². The molecule has 0 unspecified atom stereocenters. The topological polar surface area (TPSA) is 61.1 Å². The number of nitrogens with zero attached hydrogens (tertiary/aromatic N) is 3. The molecule has 1 heterocycles. The summed E-state index contributed by atoms with van der Waals surface area (Å²) in [4.78, 5) is 14.5. The highest BCUT2D eigenvalue weighted by Crippen LogP contribution is 2.29. The van der Waals surface area contributed by atoms with E-state index in [0.717, 1.165) is 36.3 Å². The standard InChI is InChI=1S/C20H26N4O/c1-5-6-12-23(4)14-19(25)22-20-18(13-21)15(2)16(3)24(20)17-10-8-7-9-11-17/h7-11H,5-6,12,14H2,1-4H3,(H,22,25). The van der Waals surface area contributed by atoms with Gasteiger partial charge >= 0.3 is 0 Å². The van der Waals surface area contributed by atoms with Crippen molar-refractivity contribution in [3.8, 4) is 11.8 Å². The van der Waals surface area contributed by atoms with Gasteiger partial charge in [-0.05, 0) is 51.6 Å². The average Bonchev–Trinajstić information content (AvgIpc) is 2.83. The molecule has 1 amide bonds. The Morgan fingerprint density at radius 3 is 2.56 bits per heavy atom. The molecule has 0 saturated heterocycles. The average molecular weight is 338 g/mol. The van der Waals surface area contributed by atoms with E-state index in [1.807, 2.05) is 60.7 Å². The van der Waals surface area contributed by atoms with Gasteiger partial charge in [-0.2, -0.15) is 5.26 Å². The number of aromatic nitrogens is 1. The monoisotopic (exact) mass is 338 g/mol. The molecule has 0 bridgehead atoms. The van der Waals surface area contributed by atoms with Crippen LogP contribution in [0.4, 0.5) is 5.82 Å². The molecule has 2 aromatic rings. The van der Waals surface area contributed by atoms with E-state index in [9.17, 15) is 10.1 Å². The Labute approximate surface area is 149 Å². The first-order valence-corrected chi connectivity index (χ1v) is 8.65. The van der Waals surface area contributed by atoms with Gasteiger partial charge in [0.05, 0.1) is 12.1 Å². The Bertz CT molecular complexity index is 771. The lowest BCUT2D eigenvalue weighted by molar-refractivity contribution is -0.117. The van der Waals surface area contributed by atoms with Crippen molar-refractivity contribution in [2.75, 3.05) is 25.5 Å². The maximum Gasteiger partial charge on any atom is 0.239 e. The molecule has 0 atom stereocenters. The van der Waals surface area contributed by atoms with Crippen LogP contribution in [0.3, 0.4) is 0 Å². The molecule has 0 aliphatic rings. The fourth-order valence-corrected chi connectivity index (χ4v) is 2.88. The molecule has 0 fully saturated rings. The molecule has 2 rings (SSSR count). The third-order valence-corrected chi connectivity index (χ3v) is 4.40. The quantitative estimate of drug-likeness (QED) is 0.838. The molecular formula is C20H26N4O. The molecular weight excluding hydrogens is 312 g/mol. The highest BCUT2D eigenvalue weighted by atomic mass is 16.2. The van der Waals surface area contributed by atoms with Gasteiger partial charge in [0.25, 0.3) is 0 Å². The molecule has 5 nitrogen and oxygen atoms in total. The minimum Gasteiger partial charge on any atom is -0.310 e. The summed E-state index contributed by atoms with van der Waals surface area (Å²) in [7, 11) is 1.94.